The number of pyridine rings is 2. The van der Waals surface area contributed by atoms with E-state index in [1.165, 1.54) is 6.07 Å². The van der Waals surface area contributed by atoms with Crippen molar-refractivity contribution >= 4 is 17.6 Å². The van der Waals surface area contributed by atoms with Gasteiger partial charge >= 0.3 is 6.18 Å². The van der Waals surface area contributed by atoms with Crippen LogP contribution in [0.3, 0.4) is 0 Å². The van der Waals surface area contributed by atoms with Crippen LogP contribution in [-0.2, 0) is 17.5 Å². The molecule has 6 rings (SSSR count). The second-order valence-electron chi connectivity index (χ2n) is 9.63. The Labute approximate surface area is 220 Å². The topological polar surface area (TPSA) is 128 Å². The van der Waals surface area contributed by atoms with Crippen LogP contribution >= 0.6 is 0 Å². The van der Waals surface area contributed by atoms with E-state index in [0.717, 1.165) is 42.0 Å². The third-order valence-electron chi connectivity index (χ3n) is 6.93. The summed E-state index contributed by atoms with van der Waals surface area (Å²) in [7, 11) is 0. The molecule has 2 aromatic rings. The standard InChI is InChI=1S/C27H22F3N7O2/c1-13-2-3-15(20-19(27(28,29)30)6-7-32-21(20)22(31)38)10-17(13)18-11-16-12-34-26(36-25(39)14-4-5-14)35-23(16)37-9-8-33-24(18)37/h2-3,6-7,10-12,14,33H,4-5,8-9H2,1H3,(H2,31,38). The maximum absolute atomic E-state index is 14.0. The molecule has 1 fully saturated rings. The zero-order chi connectivity index (χ0) is 27.5. The number of hydrogen-bond acceptors (Lipinski definition) is 6. The number of carbonyl (C=O) groups is 2. The lowest BCUT2D eigenvalue weighted by Gasteiger charge is -2.20. The van der Waals surface area contributed by atoms with Crippen molar-refractivity contribution in [2.45, 2.75) is 32.5 Å². The van der Waals surface area contributed by atoms with Crippen molar-refractivity contribution in [3.8, 4) is 33.6 Å². The smallest absolute Gasteiger partial charge is 0.369 e. The number of carbonyl (C=O) groups excluding carboxylic acids is 2. The van der Waals surface area contributed by atoms with Gasteiger partial charge in [0.2, 0.25) is 0 Å². The summed E-state index contributed by atoms with van der Waals surface area (Å²) in [6.07, 6.45) is -0.552. The van der Waals surface area contributed by atoms with E-state index in [4.69, 9.17) is 5.73 Å². The second-order valence-corrected chi connectivity index (χ2v) is 9.63. The number of nitrogens with zero attached hydrogens (tertiary/aromatic N) is 5. The fourth-order valence-corrected chi connectivity index (χ4v) is 4.88. The lowest BCUT2D eigenvalue weighted by molar-refractivity contribution is -0.137. The summed E-state index contributed by atoms with van der Waals surface area (Å²) in [5, 5.41) is 3.34. The number of aryl methyl sites for hydroxylation is 1. The number of amides is 2. The molecule has 39 heavy (non-hydrogen) atoms. The highest BCUT2D eigenvalue weighted by atomic mass is 19.4. The van der Waals surface area contributed by atoms with Crippen LogP contribution in [-0.4, -0.2) is 37.9 Å². The number of aromatic nitrogens is 4. The average Bonchev–Trinajstić information content (AvgIpc) is 3.64. The largest absolute Gasteiger partial charge is 0.417 e. The molecule has 12 heteroatoms. The Bertz CT molecular complexity index is 1710. The molecule has 4 aliphatic rings. The van der Waals surface area contributed by atoms with E-state index in [1.807, 2.05) is 17.6 Å². The molecule has 4 heterocycles. The SMILES string of the molecule is Cc1ccc(-c2c(C(F)(F)F)ccnc2C(N)=O)cc1-c1cc2cnc(=NC(=O)C3CC3)nc-2n2c1NCC2. The molecule has 0 saturated heterocycles. The van der Waals surface area contributed by atoms with E-state index in [2.05, 4.69) is 25.3 Å². The van der Waals surface area contributed by atoms with Crippen LogP contribution in [0.15, 0.2) is 47.7 Å². The van der Waals surface area contributed by atoms with Gasteiger partial charge < -0.3 is 15.6 Å². The van der Waals surface area contributed by atoms with E-state index in [9.17, 15) is 22.8 Å². The van der Waals surface area contributed by atoms with Crippen LogP contribution in [0.1, 0.15) is 34.5 Å². The molecule has 0 radical (unpaired) electrons. The summed E-state index contributed by atoms with van der Waals surface area (Å²) in [6, 6.07) is 7.50. The van der Waals surface area contributed by atoms with Gasteiger partial charge in [-0.2, -0.15) is 23.1 Å². The highest BCUT2D eigenvalue weighted by Crippen LogP contribution is 2.42. The molecular formula is C27H22F3N7O2. The van der Waals surface area contributed by atoms with Gasteiger partial charge in [-0.05, 0) is 54.7 Å². The molecule has 9 nitrogen and oxygen atoms in total. The van der Waals surface area contributed by atoms with Gasteiger partial charge in [-0.1, -0.05) is 12.1 Å². The maximum Gasteiger partial charge on any atom is 0.417 e. The van der Waals surface area contributed by atoms with Crippen LogP contribution in [0.25, 0.3) is 33.6 Å². The first-order valence-corrected chi connectivity index (χ1v) is 12.3. The fourth-order valence-electron chi connectivity index (χ4n) is 4.88. The van der Waals surface area contributed by atoms with Gasteiger partial charge in [-0.15, -0.1) is 0 Å². The number of primary amides is 1. The molecule has 1 aliphatic carbocycles. The third-order valence-corrected chi connectivity index (χ3v) is 6.93. The molecule has 0 unspecified atom stereocenters. The lowest BCUT2D eigenvalue weighted by Crippen LogP contribution is -2.20. The minimum atomic E-state index is -4.73. The number of fused-ring (bicyclic) bond motifs is 3. The van der Waals surface area contributed by atoms with Crippen LogP contribution in [0.4, 0.5) is 19.0 Å². The first-order chi connectivity index (χ1) is 18.6. The van der Waals surface area contributed by atoms with Crippen LogP contribution < -0.4 is 16.7 Å². The first kappa shape index (κ1) is 24.7. The molecule has 0 bridgehead atoms. The molecular weight excluding hydrogens is 511 g/mol. The Morgan fingerprint density at radius 2 is 1.87 bits per heavy atom. The predicted octanol–water partition coefficient (Wildman–Crippen LogP) is 3.80. The summed E-state index contributed by atoms with van der Waals surface area (Å²) in [6.45, 7) is 3.03. The number of alkyl halides is 3. The number of nitrogens with two attached hydrogens (primary N) is 1. The Hall–Kier alpha value is -4.61. The molecule has 1 aromatic carbocycles. The number of benzene rings is 1. The Kier molecular flexibility index (Phi) is 5.70. The third kappa shape index (κ3) is 4.41. The van der Waals surface area contributed by atoms with E-state index in [0.29, 0.717) is 30.0 Å². The average molecular weight is 534 g/mol. The molecule has 0 atom stereocenters. The molecule has 2 amide bonds. The van der Waals surface area contributed by atoms with Gasteiger partial charge in [0.05, 0.1) is 5.56 Å². The lowest BCUT2D eigenvalue weighted by atomic mass is 9.91. The number of anilines is 1. The predicted molar refractivity (Wildman–Crippen MR) is 135 cm³/mol. The normalized spacial score (nSPS) is 15.3. The molecule has 3 aliphatic heterocycles. The van der Waals surface area contributed by atoms with E-state index in [1.54, 1.807) is 18.3 Å². The number of nitrogens with one attached hydrogen (secondary N) is 1. The van der Waals surface area contributed by atoms with Crippen molar-refractivity contribution in [3.05, 3.63) is 65.2 Å². The fraction of sp³-hybridized carbons (Fsp3) is 0.259. The van der Waals surface area contributed by atoms with Crippen molar-refractivity contribution in [2.24, 2.45) is 16.6 Å². The zero-order valence-electron chi connectivity index (χ0n) is 20.7. The Morgan fingerprint density at radius 3 is 2.59 bits per heavy atom. The first-order valence-electron chi connectivity index (χ1n) is 12.3. The molecule has 1 saturated carbocycles. The van der Waals surface area contributed by atoms with Gasteiger partial charge in [-0.3, -0.25) is 14.6 Å². The van der Waals surface area contributed by atoms with Crippen molar-refractivity contribution in [3.63, 3.8) is 0 Å². The quantitative estimate of drug-likeness (QED) is 0.411. The number of rotatable bonds is 4. The summed E-state index contributed by atoms with van der Waals surface area (Å²) in [4.78, 5) is 40.9. The molecule has 198 valence electrons. The Morgan fingerprint density at radius 1 is 1.10 bits per heavy atom. The van der Waals surface area contributed by atoms with Crippen molar-refractivity contribution in [2.75, 3.05) is 11.9 Å². The molecule has 0 spiro atoms. The van der Waals surface area contributed by atoms with Crippen molar-refractivity contribution in [1.29, 1.82) is 0 Å². The molecule has 1 aromatic heterocycles. The van der Waals surface area contributed by atoms with Gasteiger partial charge in [-0.25, -0.2) is 4.98 Å². The monoisotopic (exact) mass is 533 g/mol. The van der Waals surface area contributed by atoms with Gasteiger partial charge in [0.15, 0.2) is 0 Å². The second kappa shape index (κ2) is 9.00. The van der Waals surface area contributed by atoms with Crippen LogP contribution in [0, 0.1) is 12.8 Å². The number of hydrogen-bond donors (Lipinski definition) is 2. The number of halogens is 3. The van der Waals surface area contributed by atoms with Crippen LogP contribution in [0.5, 0.6) is 0 Å². The highest BCUT2D eigenvalue weighted by molar-refractivity contribution is 5.99. The van der Waals surface area contributed by atoms with E-state index < -0.39 is 23.3 Å². The minimum absolute atomic E-state index is 0.0466. The van der Waals surface area contributed by atoms with E-state index >= 15 is 0 Å². The van der Waals surface area contributed by atoms with Crippen molar-refractivity contribution < 1.29 is 22.8 Å². The van der Waals surface area contributed by atoms with Crippen molar-refractivity contribution in [1.82, 2.24) is 19.5 Å². The summed E-state index contributed by atoms with van der Waals surface area (Å²) in [5.41, 5.74) is 6.70. The van der Waals surface area contributed by atoms with Crippen LogP contribution in [0.2, 0.25) is 0 Å². The summed E-state index contributed by atoms with van der Waals surface area (Å²) >= 11 is 0. The van der Waals surface area contributed by atoms with Gasteiger partial charge in [0.1, 0.15) is 17.3 Å². The highest BCUT2D eigenvalue weighted by Gasteiger charge is 2.36. The van der Waals surface area contributed by atoms with E-state index in [-0.39, 0.29) is 28.6 Å². The maximum atomic E-state index is 14.0. The Balaban J connectivity index is 1.54. The van der Waals surface area contributed by atoms with Gasteiger partial charge in [0.25, 0.3) is 17.4 Å². The summed E-state index contributed by atoms with van der Waals surface area (Å²) < 4.78 is 43.8. The minimum Gasteiger partial charge on any atom is -0.369 e. The zero-order valence-corrected chi connectivity index (χ0v) is 20.7. The van der Waals surface area contributed by atoms with Gasteiger partial charge in [0, 0.05) is 48.1 Å². The molecule has 3 N–H and O–H groups in total. The summed E-state index contributed by atoms with van der Waals surface area (Å²) in [5.74, 6) is -0.0109.